The van der Waals surface area contributed by atoms with Gasteiger partial charge in [0.05, 0.1) is 0 Å². The molecule has 0 aliphatic carbocycles. The molecule has 2 nitrogen and oxygen atoms in total. The van der Waals surface area contributed by atoms with Gasteiger partial charge in [0.2, 0.25) is 0 Å². The third kappa shape index (κ3) is 2.95. The number of nitrogen functional groups attached to an aromatic ring is 1. The molecule has 1 aromatic carbocycles. The Morgan fingerprint density at radius 2 is 1.93 bits per heavy atom. The quantitative estimate of drug-likeness (QED) is 0.836. The number of rotatable bonds is 2. The first kappa shape index (κ1) is 11.0. The van der Waals surface area contributed by atoms with Gasteiger partial charge in [-0.1, -0.05) is 12.5 Å². The van der Waals surface area contributed by atoms with E-state index < -0.39 is 0 Å². The molecule has 1 aliphatic rings. The van der Waals surface area contributed by atoms with Gasteiger partial charge in [-0.15, -0.1) is 0 Å². The lowest BCUT2D eigenvalue weighted by Crippen LogP contribution is -2.29. The maximum atomic E-state index is 5.76. The van der Waals surface area contributed by atoms with Crippen LogP contribution in [0.4, 0.5) is 5.69 Å². The lowest BCUT2D eigenvalue weighted by Gasteiger charge is -2.26. The van der Waals surface area contributed by atoms with Crippen LogP contribution in [0.1, 0.15) is 24.8 Å². The topological polar surface area (TPSA) is 29.3 Å². The van der Waals surface area contributed by atoms with Crippen molar-refractivity contribution in [3.05, 3.63) is 28.2 Å². The highest BCUT2D eigenvalue weighted by atomic mass is 79.9. The van der Waals surface area contributed by atoms with Crippen LogP contribution >= 0.6 is 15.9 Å². The van der Waals surface area contributed by atoms with E-state index in [-0.39, 0.29) is 0 Å². The van der Waals surface area contributed by atoms with Gasteiger partial charge < -0.3 is 5.73 Å². The minimum Gasteiger partial charge on any atom is -0.398 e. The van der Waals surface area contributed by atoms with Gasteiger partial charge in [-0.2, -0.15) is 0 Å². The second-order valence-corrected chi connectivity index (χ2v) is 5.05. The molecule has 0 atom stereocenters. The van der Waals surface area contributed by atoms with Gasteiger partial charge in [-0.3, -0.25) is 4.90 Å². The number of nitrogens with zero attached hydrogens (tertiary/aromatic N) is 1. The number of nitrogens with two attached hydrogens (primary N) is 1. The van der Waals surface area contributed by atoms with Crippen LogP contribution < -0.4 is 5.73 Å². The van der Waals surface area contributed by atoms with E-state index in [1.54, 1.807) is 0 Å². The van der Waals surface area contributed by atoms with Crippen molar-refractivity contribution in [1.29, 1.82) is 0 Å². The number of benzene rings is 1. The highest BCUT2D eigenvalue weighted by molar-refractivity contribution is 9.10. The zero-order valence-electron chi connectivity index (χ0n) is 8.88. The van der Waals surface area contributed by atoms with Gasteiger partial charge in [0.15, 0.2) is 0 Å². The Labute approximate surface area is 99.6 Å². The Hall–Kier alpha value is -0.540. The van der Waals surface area contributed by atoms with Crippen LogP contribution in [-0.2, 0) is 6.54 Å². The fourth-order valence-electron chi connectivity index (χ4n) is 2.04. The summed E-state index contributed by atoms with van der Waals surface area (Å²) in [5.74, 6) is 0. The molecule has 0 amide bonds. The van der Waals surface area contributed by atoms with Crippen LogP contribution in [0.3, 0.4) is 0 Å². The molecule has 2 N–H and O–H groups in total. The highest BCUT2D eigenvalue weighted by Crippen LogP contribution is 2.22. The predicted octanol–water partition coefficient (Wildman–Crippen LogP) is 3.02. The summed E-state index contributed by atoms with van der Waals surface area (Å²) in [5, 5.41) is 0. The Balaban J connectivity index is 2.00. The molecule has 0 saturated carbocycles. The van der Waals surface area contributed by atoms with Crippen LogP contribution in [0.2, 0.25) is 0 Å². The summed E-state index contributed by atoms with van der Waals surface area (Å²) in [6.45, 7) is 3.53. The van der Waals surface area contributed by atoms with Crippen molar-refractivity contribution in [2.75, 3.05) is 18.8 Å². The van der Waals surface area contributed by atoms with Crippen molar-refractivity contribution in [1.82, 2.24) is 4.90 Å². The lowest BCUT2D eigenvalue weighted by molar-refractivity contribution is 0.221. The Morgan fingerprint density at radius 3 is 2.60 bits per heavy atom. The van der Waals surface area contributed by atoms with Crippen LogP contribution in [0.25, 0.3) is 0 Å². The minimum absolute atomic E-state index is 0.817. The molecule has 0 aromatic heterocycles. The molecular formula is C12H17BrN2. The molecule has 15 heavy (non-hydrogen) atoms. The number of piperidine rings is 1. The van der Waals surface area contributed by atoms with Crippen LogP contribution in [0.15, 0.2) is 22.7 Å². The first-order valence-electron chi connectivity index (χ1n) is 5.52. The highest BCUT2D eigenvalue weighted by Gasteiger charge is 2.10. The minimum atomic E-state index is 0.817. The van der Waals surface area contributed by atoms with Gasteiger partial charge in [0, 0.05) is 16.7 Å². The van der Waals surface area contributed by atoms with Crippen molar-refractivity contribution < 1.29 is 0 Å². The zero-order chi connectivity index (χ0) is 10.7. The molecule has 1 aliphatic heterocycles. The van der Waals surface area contributed by atoms with Crippen molar-refractivity contribution >= 4 is 21.6 Å². The first-order valence-corrected chi connectivity index (χ1v) is 6.31. The number of halogens is 1. The maximum absolute atomic E-state index is 5.76. The van der Waals surface area contributed by atoms with Gasteiger partial charge in [0.1, 0.15) is 0 Å². The number of hydrogen-bond donors (Lipinski definition) is 1. The Kier molecular flexibility index (Phi) is 3.65. The van der Waals surface area contributed by atoms with E-state index in [1.807, 2.05) is 6.07 Å². The average molecular weight is 269 g/mol. The summed E-state index contributed by atoms with van der Waals surface area (Å²) in [7, 11) is 0. The van der Waals surface area contributed by atoms with Crippen LogP contribution in [0, 0.1) is 0 Å². The Morgan fingerprint density at radius 1 is 1.20 bits per heavy atom. The summed E-state index contributed by atoms with van der Waals surface area (Å²) in [4.78, 5) is 2.52. The molecule has 0 spiro atoms. The standard InChI is InChI=1S/C12H17BrN2/c13-11-8-10(4-5-12(11)14)9-15-6-2-1-3-7-15/h4-5,8H,1-3,6-7,9,14H2. The van der Waals surface area contributed by atoms with E-state index in [9.17, 15) is 0 Å². The van der Waals surface area contributed by atoms with E-state index in [4.69, 9.17) is 5.73 Å². The molecule has 3 heteroatoms. The van der Waals surface area contributed by atoms with E-state index in [0.717, 1.165) is 16.7 Å². The second kappa shape index (κ2) is 4.99. The monoisotopic (exact) mass is 268 g/mol. The zero-order valence-corrected chi connectivity index (χ0v) is 10.5. The summed E-state index contributed by atoms with van der Waals surface area (Å²) in [6.07, 6.45) is 4.08. The van der Waals surface area contributed by atoms with Crippen molar-refractivity contribution in [3.63, 3.8) is 0 Å². The molecule has 0 unspecified atom stereocenters. The van der Waals surface area contributed by atoms with Gasteiger partial charge in [-0.25, -0.2) is 0 Å². The van der Waals surface area contributed by atoms with E-state index in [1.165, 1.54) is 37.9 Å². The summed E-state index contributed by atoms with van der Waals surface area (Å²) in [5.41, 5.74) is 7.92. The molecule has 2 rings (SSSR count). The SMILES string of the molecule is Nc1ccc(CN2CCCCC2)cc1Br. The third-order valence-corrected chi connectivity index (χ3v) is 3.61. The molecule has 0 radical (unpaired) electrons. The first-order chi connectivity index (χ1) is 7.25. The van der Waals surface area contributed by atoms with Crippen molar-refractivity contribution in [3.8, 4) is 0 Å². The van der Waals surface area contributed by atoms with E-state index >= 15 is 0 Å². The summed E-state index contributed by atoms with van der Waals surface area (Å²) < 4.78 is 1.01. The van der Waals surface area contributed by atoms with Gasteiger partial charge >= 0.3 is 0 Å². The predicted molar refractivity (Wildman–Crippen MR) is 67.7 cm³/mol. The molecule has 1 fully saturated rings. The van der Waals surface area contributed by atoms with Gasteiger partial charge in [-0.05, 0) is 59.6 Å². The fourth-order valence-corrected chi connectivity index (χ4v) is 2.47. The number of likely N-dealkylation sites (tertiary alicyclic amines) is 1. The van der Waals surface area contributed by atoms with E-state index in [0.29, 0.717) is 0 Å². The average Bonchev–Trinajstić information content (AvgIpc) is 2.25. The van der Waals surface area contributed by atoms with Crippen LogP contribution in [-0.4, -0.2) is 18.0 Å². The summed E-state index contributed by atoms with van der Waals surface area (Å²) in [6, 6.07) is 6.22. The van der Waals surface area contributed by atoms with Crippen LogP contribution in [0.5, 0.6) is 0 Å². The normalized spacial score (nSPS) is 17.9. The third-order valence-electron chi connectivity index (χ3n) is 2.92. The van der Waals surface area contributed by atoms with Crippen molar-refractivity contribution in [2.24, 2.45) is 0 Å². The lowest BCUT2D eigenvalue weighted by atomic mass is 10.1. The molecule has 1 heterocycles. The fraction of sp³-hybridized carbons (Fsp3) is 0.500. The second-order valence-electron chi connectivity index (χ2n) is 4.19. The van der Waals surface area contributed by atoms with Crippen molar-refractivity contribution in [2.45, 2.75) is 25.8 Å². The van der Waals surface area contributed by atoms with Gasteiger partial charge in [0.25, 0.3) is 0 Å². The molecule has 0 bridgehead atoms. The smallest absolute Gasteiger partial charge is 0.0458 e. The number of hydrogen-bond acceptors (Lipinski definition) is 2. The van der Waals surface area contributed by atoms with E-state index in [2.05, 4.69) is 33.0 Å². The molecule has 1 saturated heterocycles. The molecule has 1 aromatic rings. The summed E-state index contributed by atoms with van der Waals surface area (Å²) >= 11 is 3.47. The number of anilines is 1. The maximum Gasteiger partial charge on any atom is 0.0458 e. The molecule has 82 valence electrons. The largest absolute Gasteiger partial charge is 0.398 e. The Bertz CT molecular complexity index is 332. The molecular weight excluding hydrogens is 252 g/mol.